The van der Waals surface area contributed by atoms with Gasteiger partial charge in [0.2, 0.25) is 5.91 Å². The van der Waals surface area contributed by atoms with Gasteiger partial charge in [-0.15, -0.1) is 5.10 Å². The van der Waals surface area contributed by atoms with E-state index in [4.69, 9.17) is 0 Å². The SMILES string of the molecule is COC(=O)Nc1cn(CC(=O)Nc2ccc3[nH]ccc3c2)nn1. The number of fused-ring (bicyclic) bond motifs is 1. The van der Waals surface area contributed by atoms with Gasteiger partial charge in [0.15, 0.2) is 5.82 Å². The van der Waals surface area contributed by atoms with Gasteiger partial charge < -0.3 is 15.0 Å². The van der Waals surface area contributed by atoms with Gasteiger partial charge in [-0.3, -0.25) is 10.1 Å². The Hall–Kier alpha value is -3.36. The largest absolute Gasteiger partial charge is 0.453 e. The van der Waals surface area contributed by atoms with Crippen LogP contribution in [0.4, 0.5) is 16.3 Å². The van der Waals surface area contributed by atoms with Crippen LogP contribution in [0, 0.1) is 0 Å². The number of anilines is 2. The van der Waals surface area contributed by atoms with Crippen LogP contribution in [-0.4, -0.2) is 39.1 Å². The second-order valence-electron chi connectivity index (χ2n) is 4.75. The third kappa shape index (κ3) is 3.46. The van der Waals surface area contributed by atoms with Crippen molar-refractivity contribution < 1.29 is 14.3 Å². The fourth-order valence-electron chi connectivity index (χ4n) is 2.07. The molecule has 9 nitrogen and oxygen atoms in total. The lowest BCUT2D eigenvalue weighted by Crippen LogP contribution is -2.19. The zero-order chi connectivity index (χ0) is 16.2. The lowest BCUT2D eigenvalue weighted by Gasteiger charge is -2.05. The van der Waals surface area contributed by atoms with Crippen LogP contribution in [0.25, 0.3) is 10.9 Å². The van der Waals surface area contributed by atoms with Gasteiger partial charge in [0, 0.05) is 22.8 Å². The summed E-state index contributed by atoms with van der Waals surface area (Å²) in [5.74, 6) is -0.0483. The minimum absolute atomic E-state index is 0.0268. The van der Waals surface area contributed by atoms with Crippen molar-refractivity contribution in [1.82, 2.24) is 20.0 Å². The zero-order valence-electron chi connectivity index (χ0n) is 12.2. The molecule has 1 aromatic carbocycles. The minimum Gasteiger partial charge on any atom is -0.453 e. The van der Waals surface area contributed by atoms with E-state index in [1.165, 1.54) is 18.0 Å². The number of aromatic nitrogens is 4. The molecule has 0 saturated heterocycles. The molecule has 3 rings (SSSR count). The molecule has 2 aromatic heterocycles. The number of nitrogens with zero attached hydrogens (tertiary/aromatic N) is 3. The summed E-state index contributed by atoms with van der Waals surface area (Å²) >= 11 is 0. The number of amides is 2. The van der Waals surface area contributed by atoms with Gasteiger partial charge in [0.05, 0.1) is 13.3 Å². The monoisotopic (exact) mass is 314 g/mol. The summed E-state index contributed by atoms with van der Waals surface area (Å²) in [5, 5.41) is 13.6. The van der Waals surface area contributed by atoms with E-state index in [0.717, 1.165) is 10.9 Å². The lowest BCUT2D eigenvalue weighted by atomic mass is 10.2. The van der Waals surface area contributed by atoms with Gasteiger partial charge in [-0.05, 0) is 24.3 Å². The molecule has 23 heavy (non-hydrogen) atoms. The Morgan fingerprint density at radius 2 is 2.17 bits per heavy atom. The van der Waals surface area contributed by atoms with E-state index in [0.29, 0.717) is 5.69 Å². The number of H-pyrrole nitrogens is 1. The first kappa shape index (κ1) is 14.6. The van der Waals surface area contributed by atoms with Crippen molar-refractivity contribution in [2.75, 3.05) is 17.7 Å². The van der Waals surface area contributed by atoms with E-state index in [-0.39, 0.29) is 18.3 Å². The first-order valence-electron chi connectivity index (χ1n) is 6.76. The first-order chi connectivity index (χ1) is 11.1. The summed E-state index contributed by atoms with van der Waals surface area (Å²) in [6, 6.07) is 7.49. The number of rotatable bonds is 4. The standard InChI is InChI=1S/C14H14N6O3/c1-23-14(22)17-12-7-20(19-18-12)8-13(21)16-10-2-3-11-9(6-10)4-5-15-11/h2-7,15H,8H2,1H3,(H,16,21)(H,17,22). The highest BCUT2D eigenvalue weighted by Gasteiger charge is 2.09. The number of carbonyl (C=O) groups excluding carboxylic acids is 2. The summed E-state index contributed by atoms with van der Waals surface area (Å²) in [6.45, 7) is -0.0268. The van der Waals surface area contributed by atoms with Gasteiger partial charge >= 0.3 is 6.09 Å². The minimum atomic E-state index is -0.652. The van der Waals surface area contributed by atoms with E-state index in [2.05, 4.69) is 30.7 Å². The second kappa shape index (κ2) is 6.18. The summed E-state index contributed by atoms with van der Waals surface area (Å²) in [4.78, 5) is 26.2. The molecule has 0 bridgehead atoms. The maximum atomic E-state index is 12.0. The van der Waals surface area contributed by atoms with E-state index >= 15 is 0 Å². The fourth-order valence-corrected chi connectivity index (χ4v) is 2.07. The molecule has 2 amide bonds. The maximum Gasteiger partial charge on any atom is 0.412 e. The number of benzene rings is 1. The molecule has 0 radical (unpaired) electrons. The van der Waals surface area contributed by atoms with E-state index in [9.17, 15) is 9.59 Å². The van der Waals surface area contributed by atoms with Crippen LogP contribution >= 0.6 is 0 Å². The molecule has 0 unspecified atom stereocenters. The third-order valence-electron chi connectivity index (χ3n) is 3.10. The average molecular weight is 314 g/mol. The number of ether oxygens (including phenoxy) is 1. The molecule has 0 aliphatic heterocycles. The Morgan fingerprint density at radius 3 is 3.00 bits per heavy atom. The second-order valence-corrected chi connectivity index (χ2v) is 4.75. The molecule has 9 heteroatoms. The highest BCUT2D eigenvalue weighted by molar-refractivity contribution is 5.93. The number of hydrogen-bond acceptors (Lipinski definition) is 5. The fraction of sp³-hybridized carbons (Fsp3) is 0.143. The molecule has 0 spiro atoms. The van der Waals surface area contributed by atoms with Crippen LogP contribution in [0.1, 0.15) is 0 Å². The molecule has 0 atom stereocenters. The topological polar surface area (TPSA) is 114 Å². The van der Waals surface area contributed by atoms with Crippen molar-refractivity contribution in [2.45, 2.75) is 6.54 Å². The average Bonchev–Trinajstić information content (AvgIpc) is 3.15. The summed E-state index contributed by atoms with van der Waals surface area (Å²) < 4.78 is 5.76. The third-order valence-corrected chi connectivity index (χ3v) is 3.10. The molecule has 3 aromatic rings. The lowest BCUT2D eigenvalue weighted by molar-refractivity contribution is -0.116. The Kier molecular flexibility index (Phi) is 3.91. The van der Waals surface area contributed by atoms with E-state index in [1.807, 2.05) is 30.5 Å². The summed E-state index contributed by atoms with van der Waals surface area (Å²) in [7, 11) is 1.24. The molecule has 0 fully saturated rings. The first-order valence-corrected chi connectivity index (χ1v) is 6.76. The number of hydrogen-bond donors (Lipinski definition) is 3. The van der Waals surface area contributed by atoms with E-state index < -0.39 is 6.09 Å². The Bertz CT molecular complexity index is 853. The Labute approximate surface area is 130 Å². The van der Waals surface area contributed by atoms with Crippen molar-refractivity contribution in [3.8, 4) is 0 Å². The van der Waals surface area contributed by atoms with Gasteiger partial charge in [-0.25, -0.2) is 9.48 Å². The van der Waals surface area contributed by atoms with Gasteiger partial charge in [-0.1, -0.05) is 5.21 Å². The zero-order valence-corrected chi connectivity index (χ0v) is 12.2. The summed E-state index contributed by atoms with van der Waals surface area (Å²) in [6.07, 6.45) is 2.62. The van der Waals surface area contributed by atoms with Crippen LogP contribution in [-0.2, 0) is 16.1 Å². The Balaban J connectivity index is 1.61. The van der Waals surface area contributed by atoms with Crippen LogP contribution in [0.15, 0.2) is 36.7 Å². The van der Waals surface area contributed by atoms with Crippen molar-refractivity contribution in [3.63, 3.8) is 0 Å². The Morgan fingerprint density at radius 1 is 1.30 bits per heavy atom. The number of aromatic amines is 1. The van der Waals surface area contributed by atoms with Crippen molar-refractivity contribution in [3.05, 3.63) is 36.7 Å². The van der Waals surface area contributed by atoms with Crippen LogP contribution in [0.3, 0.4) is 0 Å². The molecule has 118 valence electrons. The van der Waals surface area contributed by atoms with E-state index in [1.54, 1.807) is 0 Å². The quantitative estimate of drug-likeness (QED) is 0.676. The molecular formula is C14H14N6O3. The van der Waals surface area contributed by atoms with Gasteiger partial charge in [-0.2, -0.15) is 0 Å². The van der Waals surface area contributed by atoms with Crippen LogP contribution in [0.5, 0.6) is 0 Å². The number of carbonyl (C=O) groups is 2. The van der Waals surface area contributed by atoms with Gasteiger partial charge in [0.25, 0.3) is 0 Å². The van der Waals surface area contributed by atoms with Crippen molar-refractivity contribution in [1.29, 1.82) is 0 Å². The smallest absolute Gasteiger partial charge is 0.412 e. The predicted octanol–water partition coefficient (Wildman–Crippen LogP) is 1.58. The highest BCUT2D eigenvalue weighted by Crippen LogP contribution is 2.17. The molecule has 3 N–H and O–H groups in total. The normalized spacial score (nSPS) is 10.5. The van der Waals surface area contributed by atoms with Gasteiger partial charge in [0.1, 0.15) is 6.54 Å². The predicted molar refractivity (Wildman–Crippen MR) is 83.0 cm³/mol. The van der Waals surface area contributed by atoms with Crippen LogP contribution < -0.4 is 10.6 Å². The van der Waals surface area contributed by atoms with Crippen LogP contribution in [0.2, 0.25) is 0 Å². The maximum absolute atomic E-state index is 12.0. The molecule has 0 aliphatic carbocycles. The molecule has 0 aliphatic rings. The van der Waals surface area contributed by atoms with Crippen molar-refractivity contribution in [2.24, 2.45) is 0 Å². The molecule has 2 heterocycles. The number of nitrogens with one attached hydrogen (secondary N) is 3. The van der Waals surface area contributed by atoms with Crippen molar-refractivity contribution >= 4 is 34.4 Å². The number of methoxy groups -OCH3 is 1. The molecular weight excluding hydrogens is 300 g/mol. The highest BCUT2D eigenvalue weighted by atomic mass is 16.5. The molecule has 0 saturated carbocycles. The summed E-state index contributed by atoms with van der Waals surface area (Å²) in [5.41, 5.74) is 1.69.